The standard InChI is InChI=1S/C18H23N3S/c1-7-14(16-9-10-19-13(5)21(16)6)18-20-15(8-2)17(22-18)11-12(3)4/h1,8-14H,2-6H3. The molecule has 0 saturated heterocycles. The minimum absolute atomic E-state index is 0.106. The molecular weight excluding hydrogens is 290 g/mol. The van der Waals surface area contributed by atoms with E-state index in [1.54, 1.807) is 11.3 Å². The van der Waals surface area contributed by atoms with Crippen LogP contribution in [0.15, 0.2) is 16.8 Å². The van der Waals surface area contributed by atoms with Crippen LogP contribution in [0.2, 0.25) is 0 Å². The molecule has 3 nitrogen and oxygen atoms in total. The van der Waals surface area contributed by atoms with Crippen molar-refractivity contribution in [1.82, 2.24) is 9.88 Å². The third-order valence-electron chi connectivity index (χ3n) is 3.68. The van der Waals surface area contributed by atoms with Crippen LogP contribution in [0.5, 0.6) is 0 Å². The third kappa shape index (κ3) is 3.31. The van der Waals surface area contributed by atoms with Crippen LogP contribution in [0.25, 0.3) is 12.2 Å². The van der Waals surface area contributed by atoms with Gasteiger partial charge in [-0.3, -0.25) is 4.99 Å². The van der Waals surface area contributed by atoms with Crippen molar-refractivity contribution in [2.24, 2.45) is 10.9 Å². The van der Waals surface area contributed by atoms with E-state index in [1.165, 1.54) is 4.53 Å². The van der Waals surface area contributed by atoms with Crippen LogP contribution in [0, 0.1) is 18.3 Å². The minimum Gasteiger partial charge on any atom is -0.355 e. The fourth-order valence-electron chi connectivity index (χ4n) is 2.37. The van der Waals surface area contributed by atoms with Gasteiger partial charge in [0.1, 0.15) is 17.1 Å². The van der Waals surface area contributed by atoms with E-state index >= 15 is 0 Å². The molecule has 2 atom stereocenters. The molecule has 2 rings (SSSR count). The summed E-state index contributed by atoms with van der Waals surface area (Å²) in [7, 11) is 2.03. The van der Waals surface area contributed by atoms with E-state index < -0.39 is 0 Å². The molecule has 0 fully saturated rings. The Balaban J connectivity index is 2.51. The number of hydrogen-bond donors (Lipinski definition) is 0. The Morgan fingerprint density at radius 2 is 2.18 bits per heavy atom. The number of nitrogens with zero attached hydrogens (tertiary/aromatic N) is 3. The van der Waals surface area contributed by atoms with Crippen molar-refractivity contribution in [2.45, 2.75) is 39.8 Å². The molecule has 1 aromatic rings. The summed E-state index contributed by atoms with van der Waals surface area (Å²) in [5.74, 6) is 3.26. The quantitative estimate of drug-likeness (QED) is 0.801. The first-order valence-electron chi connectivity index (χ1n) is 7.55. The molecule has 1 aliphatic heterocycles. The van der Waals surface area contributed by atoms with Crippen LogP contribution in [0.3, 0.4) is 0 Å². The average Bonchev–Trinajstić information content (AvgIpc) is 2.86. The number of allylic oxidation sites excluding steroid dienone is 2. The number of aliphatic imine (C=N–C) groups is 1. The Morgan fingerprint density at radius 3 is 2.77 bits per heavy atom. The lowest BCUT2D eigenvalue weighted by Gasteiger charge is -2.31. The molecule has 0 aliphatic carbocycles. The molecule has 0 bridgehead atoms. The molecule has 0 aromatic carbocycles. The monoisotopic (exact) mass is 313 g/mol. The van der Waals surface area contributed by atoms with E-state index in [0.29, 0.717) is 5.92 Å². The van der Waals surface area contributed by atoms with E-state index in [4.69, 9.17) is 11.4 Å². The topological polar surface area (TPSA) is 28.5 Å². The van der Waals surface area contributed by atoms with Gasteiger partial charge >= 0.3 is 0 Å². The fourth-order valence-corrected chi connectivity index (χ4v) is 3.66. The Bertz CT molecular complexity index is 746. The Morgan fingerprint density at radius 1 is 1.45 bits per heavy atom. The molecule has 0 spiro atoms. The predicted molar refractivity (Wildman–Crippen MR) is 96.2 cm³/mol. The number of thiazole rings is 1. The summed E-state index contributed by atoms with van der Waals surface area (Å²) in [6, 6.07) is 0. The van der Waals surface area contributed by atoms with Crippen molar-refractivity contribution in [3.63, 3.8) is 0 Å². The maximum absolute atomic E-state index is 5.83. The first-order valence-corrected chi connectivity index (χ1v) is 8.36. The summed E-state index contributed by atoms with van der Waals surface area (Å²) in [5.41, 5.74) is 1.08. The SMILES string of the molecule is C#CC(C1=CC=NC(C)N1C)c1nc(=CC)c(=CC(C)C)s1. The van der Waals surface area contributed by atoms with Gasteiger partial charge in [-0.2, -0.15) is 0 Å². The molecule has 1 aromatic heterocycles. The van der Waals surface area contributed by atoms with Crippen molar-refractivity contribution >= 4 is 29.7 Å². The second-order valence-corrected chi connectivity index (χ2v) is 6.80. The van der Waals surface area contributed by atoms with Crippen molar-refractivity contribution in [3.05, 3.63) is 26.7 Å². The van der Waals surface area contributed by atoms with Gasteiger partial charge in [0.15, 0.2) is 0 Å². The van der Waals surface area contributed by atoms with E-state index in [0.717, 1.165) is 16.1 Å². The zero-order chi connectivity index (χ0) is 16.3. The summed E-state index contributed by atoms with van der Waals surface area (Å²) in [6.07, 6.45) is 14.1. The van der Waals surface area contributed by atoms with E-state index in [9.17, 15) is 0 Å². The summed E-state index contributed by atoms with van der Waals surface area (Å²) >= 11 is 1.69. The molecule has 1 aliphatic rings. The van der Waals surface area contributed by atoms with Gasteiger partial charge < -0.3 is 4.90 Å². The van der Waals surface area contributed by atoms with Crippen LogP contribution < -0.4 is 9.88 Å². The maximum atomic E-state index is 5.83. The molecule has 0 radical (unpaired) electrons. The Labute approximate surface area is 136 Å². The second-order valence-electron chi connectivity index (χ2n) is 5.73. The molecular formula is C18H23N3S. The van der Waals surface area contributed by atoms with Gasteiger partial charge in [0, 0.05) is 19.0 Å². The number of aromatic nitrogens is 1. The smallest absolute Gasteiger partial charge is 0.117 e. The van der Waals surface area contributed by atoms with Gasteiger partial charge in [-0.25, -0.2) is 4.98 Å². The summed E-state index contributed by atoms with van der Waals surface area (Å²) < 4.78 is 1.20. The molecule has 116 valence electrons. The van der Waals surface area contributed by atoms with Crippen LogP contribution in [0.1, 0.15) is 38.6 Å². The molecule has 4 heteroatoms. The van der Waals surface area contributed by atoms with Gasteiger partial charge in [-0.15, -0.1) is 17.8 Å². The lowest BCUT2D eigenvalue weighted by atomic mass is 10.0. The number of terminal acetylenes is 1. The average molecular weight is 313 g/mol. The van der Waals surface area contributed by atoms with Gasteiger partial charge in [0.25, 0.3) is 0 Å². The van der Waals surface area contributed by atoms with E-state index in [-0.39, 0.29) is 12.1 Å². The van der Waals surface area contributed by atoms with Crippen LogP contribution in [-0.4, -0.2) is 29.3 Å². The van der Waals surface area contributed by atoms with Gasteiger partial charge in [0.05, 0.1) is 9.88 Å². The summed E-state index contributed by atoms with van der Waals surface area (Å²) in [5, 5.41) is 2.00. The number of hydrogen-bond acceptors (Lipinski definition) is 4. The maximum Gasteiger partial charge on any atom is 0.117 e. The highest BCUT2D eigenvalue weighted by Crippen LogP contribution is 2.28. The number of likely N-dealkylation sites (N-methyl/N-ethyl adjacent to an activating group) is 1. The molecule has 22 heavy (non-hydrogen) atoms. The molecule has 0 amide bonds. The first-order chi connectivity index (χ1) is 10.5. The van der Waals surface area contributed by atoms with Gasteiger partial charge in [-0.05, 0) is 25.8 Å². The molecule has 2 heterocycles. The Kier molecular flexibility index (Phi) is 5.20. The highest BCUT2D eigenvalue weighted by Gasteiger charge is 2.24. The van der Waals surface area contributed by atoms with Crippen molar-refractivity contribution in [2.75, 3.05) is 7.05 Å². The van der Waals surface area contributed by atoms with E-state index in [2.05, 4.69) is 42.7 Å². The zero-order valence-electron chi connectivity index (χ0n) is 13.9. The molecule has 2 unspecified atom stereocenters. The minimum atomic E-state index is -0.128. The summed E-state index contributed by atoms with van der Waals surface area (Å²) in [4.78, 5) is 11.3. The second kappa shape index (κ2) is 6.93. The first kappa shape index (κ1) is 16.5. The Hall–Kier alpha value is -1.86. The lowest BCUT2D eigenvalue weighted by Crippen LogP contribution is -2.32. The largest absolute Gasteiger partial charge is 0.355 e. The van der Waals surface area contributed by atoms with Crippen LogP contribution >= 0.6 is 11.3 Å². The van der Waals surface area contributed by atoms with E-state index in [1.807, 2.05) is 32.3 Å². The van der Waals surface area contributed by atoms with Gasteiger partial charge in [0.2, 0.25) is 0 Å². The van der Waals surface area contributed by atoms with Gasteiger partial charge in [-0.1, -0.05) is 31.9 Å². The number of rotatable bonds is 3. The molecule has 0 saturated carbocycles. The highest BCUT2D eigenvalue weighted by molar-refractivity contribution is 7.09. The lowest BCUT2D eigenvalue weighted by molar-refractivity contribution is 0.317. The molecule has 0 N–H and O–H groups in total. The third-order valence-corrected chi connectivity index (χ3v) is 4.78. The fraction of sp³-hybridized carbons (Fsp3) is 0.444. The predicted octanol–water partition coefficient (Wildman–Crippen LogP) is 2.34. The van der Waals surface area contributed by atoms with Crippen LogP contribution in [-0.2, 0) is 0 Å². The van der Waals surface area contributed by atoms with Crippen molar-refractivity contribution < 1.29 is 0 Å². The van der Waals surface area contributed by atoms with Crippen LogP contribution in [0.4, 0.5) is 0 Å². The summed E-state index contributed by atoms with van der Waals surface area (Å²) in [6.45, 7) is 8.42. The van der Waals surface area contributed by atoms with Crippen molar-refractivity contribution in [1.29, 1.82) is 0 Å². The highest BCUT2D eigenvalue weighted by atomic mass is 32.1. The normalized spacial score (nSPS) is 21.2. The zero-order valence-corrected chi connectivity index (χ0v) is 14.7. The van der Waals surface area contributed by atoms with Crippen molar-refractivity contribution in [3.8, 4) is 12.3 Å².